The van der Waals surface area contributed by atoms with E-state index in [1.807, 2.05) is 30.3 Å². The van der Waals surface area contributed by atoms with Crippen LogP contribution in [0.3, 0.4) is 0 Å². The van der Waals surface area contributed by atoms with Gasteiger partial charge in [0.1, 0.15) is 11.6 Å². The average Bonchev–Trinajstić information content (AvgIpc) is 3.12. The number of nitrogens with one attached hydrogen (secondary N) is 1. The highest BCUT2D eigenvalue weighted by atomic mass is 35.5. The lowest BCUT2D eigenvalue weighted by Gasteiger charge is -2.01. The number of aromatic nitrogens is 4. The summed E-state index contributed by atoms with van der Waals surface area (Å²) in [5.74, 6) is -0.134. The molecule has 0 fully saturated rings. The van der Waals surface area contributed by atoms with Crippen LogP contribution in [-0.2, 0) is 11.3 Å². The fourth-order valence-corrected chi connectivity index (χ4v) is 2.64. The Hall–Kier alpha value is -3.37. The standard InChI is InChI=1S/C16H11Cl2N7O3/c17-12-7-13(18)14(25(27)28)6-11(12)8-19-20-15(26)9-24-22-16(21-23-24)10-4-2-1-3-5-10/h1-8H,9H2,(H,20,26)/b19-8+. The SMILES string of the molecule is O=C(Cn1nnc(-c2ccccc2)n1)N/N=C/c1cc([N+](=O)[O-])c(Cl)cc1Cl. The number of rotatable bonds is 6. The summed E-state index contributed by atoms with van der Waals surface area (Å²) in [6.07, 6.45) is 1.17. The minimum atomic E-state index is -0.644. The van der Waals surface area contributed by atoms with E-state index in [9.17, 15) is 14.9 Å². The van der Waals surface area contributed by atoms with E-state index in [4.69, 9.17) is 23.2 Å². The lowest BCUT2D eigenvalue weighted by molar-refractivity contribution is -0.384. The Morgan fingerprint density at radius 2 is 2.00 bits per heavy atom. The van der Waals surface area contributed by atoms with Crippen LogP contribution in [0.15, 0.2) is 47.6 Å². The highest BCUT2D eigenvalue weighted by Crippen LogP contribution is 2.29. The van der Waals surface area contributed by atoms with E-state index in [0.29, 0.717) is 5.82 Å². The largest absolute Gasteiger partial charge is 0.288 e. The number of hydrazone groups is 1. The van der Waals surface area contributed by atoms with Crippen molar-refractivity contribution in [1.82, 2.24) is 25.6 Å². The Morgan fingerprint density at radius 1 is 1.25 bits per heavy atom. The normalized spacial score (nSPS) is 10.9. The molecule has 0 aliphatic rings. The quantitative estimate of drug-likeness (QED) is 0.371. The third-order valence-corrected chi connectivity index (χ3v) is 4.06. The first kappa shape index (κ1) is 19.4. The van der Waals surface area contributed by atoms with Gasteiger partial charge in [-0.15, -0.1) is 10.2 Å². The van der Waals surface area contributed by atoms with E-state index in [-0.39, 0.29) is 27.8 Å². The number of hydrogen-bond acceptors (Lipinski definition) is 7. The smallest absolute Gasteiger partial charge is 0.271 e. The summed E-state index contributed by atoms with van der Waals surface area (Å²) in [7, 11) is 0. The van der Waals surface area contributed by atoms with Gasteiger partial charge in [-0.3, -0.25) is 14.9 Å². The van der Waals surface area contributed by atoms with Crippen LogP contribution in [0.1, 0.15) is 5.56 Å². The fraction of sp³-hybridized carbons (Fsp3) is 0.0625. The maximum atomic E-state index is 11.9. The average molecular weight is 420 g/mol. The van der Waals surface area contributed by atoms with Gasteiger partial charge >= 0.3 is 0 Å². The molecule has 0 aliphatic heterocycles. The van der Waals surface area contributed by atoms with Gasteiger partial charge in [0.05, 0.1) is 16.2 Å². The molecular weight excluding hydrogens is 409 g/mol. The maximum Gasteiger partial charge on any atom is 0.288 e. The van der Waals surface area contributed by atoms with Crippen molar-refractivity contribution in [3.05, 3.63) is 68.2 Å². The molecular formula is C16H11Cl2N7O3. The van der Waals surface area contributed by atoms with E-state index < -0.39 is 10.8 Å². The molecule has 0 spiro atoms. The number of amides is 1. The summed E-state index contributed by atoms with van der Waals surface area (Å²) in [6.45, 7) is -0.217. The number of nitro groups is 1. The van der Waals surface area contributed by atoms with Crippen molar-refractivity contribution in [2.24, 2.45) is 5.10 Å². The summed E-state index contributed by atoms with van der Waals surface area (Å²) < 4.78 is 0. The zero-order chi connectivity index (χ0) is 20.1. The number of carbonyl (C=O) groups excluding carboxylic acids is 1. The number of tetrazole rings is 1. The summed E-state index contributed by atoms with van der Waals surface area (Å²) >= 11 is 11.7. The monoisotopic (exact) mass is 419 g/mol. The van der Waals surface area contributed by atoms with Crippen LogP contribution in [0.25, 0.3) is 11.4 Å². The molecule has 0 unspecified atom stereocenters. The van der Waals surface area contributed by atoms with E-state index in [0.717, 1.165) is 16.4 Å². The van der Waals surface area contributed by atoms with Crippen molar-refractivity contribution in [1.29, 1.82) is 0 Å². The Bertz CT molecular complexity index is 1050. The Balaban J connectivity index is 1.63. The van der Waals surface area contributed by atoms with Crippen molar-refractivity contribution < 1.29 is 9.72 Å². The van der Waals surface area contributed by atoms with Gasteiger partial charge in [0.2, 0.25) is 5.82 Å². The van der Waals surface area contributed by atoms with Crippen molar-refractivity contribution in [3.63, 3.8) is 0 Å². The Labute approximate surface area is 167 Å². The van der Waals surface area contributed by atoms with Crippen LogP contribution in [-0.4, -0.2) is 37.3 Å². The van der Waals surface area contributed by atoms with Gasteiger partial charge in [0.15, 0.2) is 0 Å². The number of hydrogen-bond donors (Lipinski definition) is 1. The molecule has 10 nitrogen and oxygen atoms in total. The molecule has 28 heavy (non-hydrogen) atoms. The highest BCUT2D eigenvalue weighted by molar-refractivity contribution is 6.37. The van der Waals surface area contributed by atoms with Gasteiger partial charge in [0.25, 0.3) is 11.6 Å². The minimum absolute atomic E-state index is 0.0948. The lowest BCUT2D eigenvalue weighted by Crippen LogP contribution is -2.24. The summed E-state index contributed by atoms with van der Waals surface area (Å²) in [5, 5.41) is 26.5. The van der Waals surface area contributed by atoms with Crippen LogP contribution in [0.2, 0.25) is 10.0 Å². The molecule has 142 valence electrons. The molecule has 0 saturated carbocycles. The maximum absolute atomic E-state index is 11.9. The van der Waals surface area contributed by atoms with Gasteiger partial charge in [0, 0.05) is 17.2 Å². The van der Waals surface area contributed by atoms with Gasteiger partial charge in [-0.25, -0.2) is 5.43 Å². The molecule has 1 aromatic heterocycles. The van der Waals surface area contributed by atoms with Crippen LogP contribution < -0.4 is 5.43 Å². The molecule has 0 bridgehead atoms. The predicted molar refractivity (Wildman–Crippen MR) is 102 cm³/mol. The van der Waals surface area contributed by atoms with Gasteiger partial charge in [-0.1, -0.05) is 53.5 Å². The topological polar surface area (TPSA) is 128 Å². The molecule has 0 saturated heterocycles. The first-order valence-corrected chi connectivity index (χ1v) is 8.48. The van der Waals surface area contributed by atoms with Crippen LogP contribution in [0.5, 0.6) is 0 Å². The third kappa shape index (κ3) is 4.67. The van der Waals surface area contributed by atoms with Gasteiger partial charge in [-0.05, 0) is 11.3 Å². The minimum Gasteiger partial charge on any atom is -0.271 e. The predicted octanol–water partition coefficient (Wildman–Crippen LogP) is 2.71. The number of halogens is 2. The fourth-order valence-electron chi connectivity index (χ4n) is 2.14. The second-order valence-corrected chi connectivity index (χ2v) is 6.20. The Kier molecular flexibility index (Phi) is 5.92. The summed E-state index contributed by atoms with van der Waals surface area (Å²) in [4.78, 5) is 23.3. The molecule has 12 heteroatoms. The summed E-state index contributed by atoms with van der Waals surface area (Å²) in [5.41, 5.74) is 2.93. The first-order chi connectivity index (χ1) is 13.4. The molecule has 0 radical (unpaired) electrons. The molecule has 2 aromatic carbocycles. The Morgan fingerprint density at radius 3 is 2.71 bits per heavy atom. The zero-order valence-electron chi connectivity index (χ0n) is 14.0. The highest BCUT2D eigenvalue weighted by Gasteiger charge is 2.15. The number of carbonyl (C=O) groups is 1. The number of nitrogens with zero attached hydrogens (tertiary/aromatic N) is 6. The third-order valence-electron chi connectivity index (χ3n) is 3.43. The molecule has 3 aromatic rings. The van der Waals surface area contributed by atoms with E-state index in [2.05, 4.69) is 25.9 Å². The molecule has 3 rings (SSSR count). The number of benzene rings is 2. The van der Waals surface area contributed by atoms with Crippen molar-refractivity contribution in [2.75, 3.05) is 0 Å². The second-order valence-electron chi connectivity index (χ2n) is 5.38. The van der Waals surface area contributed by atoms with Gasteiger partial charge in [-0.2, -0.15) is 9.90 Å². The van der Waals surface area contributed by atoms with E-state index >= 15 is 0 Å². The molecule has 0 aliphatic carbocycles. The van der Waals surface area contributed by atoms with Crippen molar-refractivity contribution in [2.45, 2.75) is 6.54 Å². The van der Waals surface area contributed by atoms with Crippen molar-refractivity contribution in [3.8, 4) is 11.4 Å². The van der Waals surface area contributed by atoms with E-state index in [1.165, 1.54) is 12.3 Å². The lowest BCUT2D eigenvalue weighted by atomic mass is 10.2. The molecule has 1 N–H and O–H groups in total. The molecule has 1 amide bonds. The summed E-state index contributed by atoms with van der Waals surface area (Å²) in [6, 6.07) is 11.6. The van der Waals surface area contributed by atoms with Crippen LogP contribution in [0.4, 0.5) is 5.69 Å². The first-order valence-electron chi connectivity index (χ1n) is 7.72. The number of nitro benzene ring substituents is 1. The zero-order valence-corrected chi connectivity index (χ0v) is 15.5. The van der Waals surface area contributed by atoms with Crippen molar-refractivity contribution >= 4 is 41.0 Å². The van der Waals surface area contributed by atoms with Gasteiger partial charge < -0.3 is 0 Å². The van der Waals surface area contributed by atoms with E-state index in [1.54, 1.807) is 0 Å². The van der Waals surface area contributed by atoms with Crippen LogP contribution >= 0.6 is 23.2 Å². The second kappa shape index (κ2) is 8.55. The van der Waals surface area contributed by atoms with Crippen LogP contribution in [0, 0.1) is 10.1 Å². The molecule has 0 atom stereocenters. The molecule has 1 heterocycles.